The van der Waals surface area contributed by atoms with Crippen LogP contribution in [-0.2, 0) is 21.9 Å². The first-order valence-electron chi connectivity index (χ1n) is 7.92. The van der Waals surface area contributed by atoms with Gasteiger partial charge in [-0.15, -0.1) is 0 Å². The molecule has 2 heterocycles. The molecule has 1 amide bonds. The molecular formula is C16H19ClN4O3S. The number of piperidine rings is 1. The van der Waals surface area contributed by atoms with Crippen molar-refractivity contribution in [1.29, 1.82) is 0 Å². The second-order valence-corrected chi connectivity index (χ2v) is 8.37. The van der Waals surface area contributed by atoms with Crippen LogP contribution in [-0.4, -0.2) is 41.5 Å². The van der Waals surface area contributed by atoms with E-state index in [4.69, 9.17) is 11.6 Å². The number of amides is 1. The van der Waals surface area contributed by atoms with E-state index in [0.717, 1.165) is 0 Å². The molecule has 0 atom stereocenters. The normalized spacial score (nSPS) is 16.7. The summed E-state index contributed by atoms with van der Waals surface area (Å²) in [6.07, 6.45) is 2.70. The zero-order valence-corrected chi connectivity index (χ0v) is 15.3. The molecule has 1 fully saturated rings. The molecule has 25 heavy (non-hydrogen) atoms. The van der Waals surface area contributed by atoms with Gasteiger partial charge in [-0.2, -0.15) is 9.40 Å². The van der Waals surface area contributed by atoms with Crippen LogP contribution in [0.4, 0.5) is 5.82 Å². The lowest BCUT2D eigenvalue weighted by Gasteiger charge is -2.30. The van der Waals surface area contributed by atoms with Gasteiger partial charge in [-0.25, -0.2) is 8.42 Å². The minimum Gasteiger partial charge on any atom is -0.309 e. The summed E-state index contributed by atoms with van der Waals surface area (Å²) in [6.45, 7) is 0.622. The molecule has 3 rings (SSSR count). The van der Waals surface area contributed by atoms with Crippen molar-refractivity contribution in [2.45, 2.75) is 17.7 Å². The van der Waals surface area contributed by atoms with Gasteiger partial charge in [0.05, 0.1) is 4.90 Å². The van der Waals surface area contributed by atoms with Crippen LogP contribution in [0, 0.1) is 5.92 Å². The summed E-state index contributed by atoms with van der Waals surface area (Å²) in [7, 11) is -1.78. The van der Waals surface area contributed by atoms with Gasteiger partial charge in [-0.3, -0.25) is 9.48 Å². The molecule has 1 aliphatic heterocycles. The van der Waals surface area contributed by atoms with Crippen molar-refractivity contribution in [1.82, 2.24) is 14.1 Å². The Morgan fingerprint density at radius 3 is 2.40 bits per heavy atom. The molecule has 0 bridgehead atoms. The number of nitrogens with one attached hydrogen (secondary N) is 1. The first-order valence-corrected chi connectivity index (χ1v) is 9.74. The Hall–Kier alpha value is -1.90. The second kappa shape index (κ2) is 7.15. The monoisotopic (exact) mass is 382 g/mol. The van der Waals surface area contributed by atoms with Crippen LogP contribution in [0.2, 0.25) is 5.02 Å². The Bertz CT molecular complexity index is 856. The van der Waals surface area contributed by atoms with E-state index in [0.29, 0.717) is 36.8 Å². The molecule has 1 aliphatic rings. The van der Waals surface area contributed by atoms with Crippen LogP contribution in [0.3, 0.4) is 0 Å². The number of rotatable bonds is 4. The van der Waals surface area contributed by atoms with E-state index in [-0.39, 0.29) is 16.7 Å². The van der Waals surface area contributed by atoms with Crippen molar-refractivity contribution in [2.75, 3.05) is 18.4 Å². The average molecular weight is 383 g/mol. The summed E-state index contributed by atoms with van der Waals surface area (Å²) < 4.78 is 28.3. The van der Waals surface area contributed by atoms with E-state index in [9.17, 15) is 13.2 Å². The highest BCUT2D eigenvalue weighted by Crippen LogP contribution is 2.25. The minimum absolute atomic E-state index is 0.123. The van der Waals surface area contributed by atoms with E-state index < -0.39 is 10.0 Å². The molecule has 0 radical (unpaired) electrons. The Morgan fingerprint density at radius 1 is 1.20 bits per heavy atom. The van der Waals surface area contributed by atoms with Crippen LogP contribution < -0.4 is 5.32 Å². The van der Waals surface area contributed by atoms with Gasteiger partial charge < -0.3 is 5.32 Å². The van der Waals surface area contributed by atoms with Crippen LogP contribution in [0.5, 0.6) is 0 Å². The topological polar surface area (TPSA) is 84.3 Å². The number of benzene rings is 1. The summed E-state index contributed by atoms with van der Waals surface area (Å²) in [5, 5.41) is 7.37. The fourth-order valence-electron chi connectivity index (χ4n) is 2.82. The average Bonchev–Trinajstić information content (AvgIpc) is 3.00. The van der Waals surface area contributed by atoms with Crippen molar-refractivity contribution < 1.29 is 13.2 Å². The summed E-state index contributed by atoms with van der Waals surface area (Å²) in [4.78, 5) is 12.5. The second-order valence-electron chi connectivity index (χ2n) is 6.00. The molecular weight excluding hydrogens is 364 g/mol. The fraction of sp³-hybridized carbons (Fsp3) is 0.375. The van der Waals surface area contributed by atoms with Gasteiger partial charge >= 0.3 is 0 Å². The number of aromatic nitrogens is 2. The van der Waals surface area contributed by atoms with Gasteiger partial charge in [0, 0.05) is 43.3 Å². The number of aryl methyl sites for hydroxylation is 1. The van der Waals surface area contributed by atoms with E-state index in [2.05, 4.69) is 10.4 Å². The molecule has 0 aliphatic carbocycles. The molecule has 9 heteroatoms. The van der Waals surface area contributed by atoms with Crippen molar-refractivity contribution in [3.8, 4) is 0 Å². The maximum atomic E-state index is 12.6. The summed E-state index contributed by atoms with van der Waals surface area (Å²) in [6, 6.07) is 7.83. The van der Waals surface area contributed by atoms with Crippen molar-refractivity contribution >= 4 is 33.3 Å². The first kappa shape index (κ1) is 17.9. The lowest BCUT2D eigenvalue weighted by atomic mass is 9.97. The SMILES string of the molecule is Cn1ccc(NC(=O)C2CCN(S(=O)(=O)c3ccc(Cl)cc3)CC2)n1. The number of nitrogens with zero attached hydrogens (tertiary/aromatic N) is 3. The lowest BCUT2D eigenvalue weighted by molar-refractivity contribution is -0.120. The highest BCUT2D eigenvalue weighted by atomic mass is 35.5. The summed E-state index contributed by atoms with van der Waals surface area (Å²) in [5.41, 5.74) is 0. The Labute approximate surface area is 151 Å². The van der Waals surface area contributed by atoms with Crippen LogP contribution in [0.25, 0.3) is 0 Å². The van der Waals surface area contributed by atoms with Gasteiger partial charge in [0.15, 0.2) is 5.82 Å². The molecule has 0 spiro atoms. The molecule has 0 saturated carbocycles. The number of carbonyl (C=O) groups is 1. The molecule has 7 nitrogen and oxygen atoms in total. The molecule has 0 unspecified atom stereocenters. The highest BCUT2D eigenvalue weighted by Gasteiger charge is 2.32. The van der Waals surface area contributed by atoms with Crippen LogP contribution in [0.1, 0.15) is 12.8 Å². The predicted octanol–water partition coefficient (Wildman–Crippen LogP) is 2.11. The highest BCUT2D eigenvalue weighted by molar-refractivity contribution is 7.89. The molecule has 1 N–H and O–H groups in total. The molecule has 1 aromatic carbocycles. The third-order valence-electron chi connectivity index (χ3n) is 4.24. The smallest absolute Gasteiger partial charge is 0.243 e. The van der Waals surface area contributed by atoms with E-state index >= 15 is 0 Å². The number of hydrogen-bond donors (Lipinski definition) is 1. The number of carbonyl (C=O) groups excluding carboxylic acids is 1. The van der Waals surface area contributed by atoms with E-state index in [1.165, 1.54) is 16.4 Å². The molecule has 2 aromatic rings. The van der Waals surface area contributed by atoms with Gasteiger partial charge in [0.2, 0.25) is 15.9 Å². The number of anilines is 1. The fourth-order valence-corrected chi connectivity index (χ4v) is 4.42. The zero-order chi connectivity index (χ0) is 18.0. The quantitative estimate of drug-likeness (QED) is 0.877. The third kappa shape index (κ3) is 4.02. The number of halogens is 1. The van der Waals surface area contributed by atoms with Crippen LogP contribution >= 0.6 is 11.6 Å². The van der Waals surface area contributed by atoms with Gasteiger partial charge in [-0.05, 0) is 37.1 Å². The standard InChI is InChI=1S/C16H19ClN4O3S/c1-20-9-8-15(19-20)18-16(22)12-6-10-21(11-7-12)25(23,24)14-4-2-13(17)3-5-14/h2-5,8-9,12H,6-7,10-11H2,1H3,(H,18,19,22). The van der Waals surface area contributed by atoms with Crippen molar-refractivity contribution in [2.24, 2.45) is 13.0 Å². The Kier molecular flexibility index (Phi) is 5.12. The maximum Gasteiger partial charge on any atom is 0.243 e. The van der Waals surface area contributed by atoms with Gasteiger partial charge in [0.1, 0.15) is 0 Å². The number of sulfonamides is 1. The molecule has 1 aromatic heterocycles. The van der Waals surface area contributed by atoms with Gasteiger partial charge in [0.25, 0.3) is 0 Å². The third-order valence-corrected chi connectivity index (χ3v) is 6.41. The zero-order valence-electron chi connectivity index (χ0n) is 13.7. The first-order chi connectivity index (χ1) is 11.9. The summed E-state index contributed by atoms with van der Waals surface area (Å²) in [5.74, 6) is 0.157. The van der Waals surface area contributed by atoms with Gasteiger partial charge in [-0.1, -0.05) is 11.6 Å². The van der Waals surface area contributed by atoms with Crippen molar-refractivity contribution in [3.05, 3.63) is 41.6 Å². The predicted molar refractivity (Wildman–Crippen MR) is 94.8 cm³/mol. The Balaban J connectivity index is 1.61. The molecule has 1 saturated heterocycles. The Morgan fingerprint density at radius 2 is 1.84 bits per heavy atom. The largest absolute Gasteiger partial charge is 0.309 e. The minimum atomic E-state index is -3.56. The summed E-state index contributed by atoms with van der Waals surface area (Å²) >= 11 is 5.81. The van der Waals surface area contributed by atoms with Crippen LogP contribution in [0.15, 0.2) is 41.4 Å². The van der Waals surface area contributed by atoms with E-state index in [1.807, 2.05) is 0 Å². The lowest BCUT2D eigenvalue weighted by Crippen LogP contribution is -2.41. The maximum absolute atomic E-state index is 12.6. The number of hydrogen-bond acceptors (Lipinski definition) is 4. The van der Waals surface area contributed by atoms with E-state index in [1.54, 1.807) is 36.1 Å². The molecule has 134 valence electrons. The van der Waals surface area contributed by atoms with Crippen molar-refractivity contribution in [3.63, 3.8) is 0 Å².